The number of para-hydroxylation sites is 2. The lowest BCUT2D eigenvalue weighted by atomic mass is 10.1. The van der Waals surface area contributed by atoms with Crippen LogP contribution in [0, 0.1) is 17.2 Å². The average molecular weight is 433 g/mol. The van der Waals surface area contributed by atoms with E-state index in [2.05, 4.69) is 11.0 Å². The minimum absolute atomic E-state index is 0.0324. The Labute approximate surface area is 188 Å². The maximum atomic E-state index is 13.1. The second-order valence-corrected chi connectivity index (χ2v) is 8.22. The van der Waals surface area contributed by atoms with Gasteiger partial charge < -0.3 is 14.5 Å². The molecule has 2 saturated heterocycles. The van der Waals surface area contributed by atoms with Crippen LogP contribution in [0.25, 0.3) is 0 Å². The third kappa shape index (κ3) is 4.76. The maximum absolute atomic E-state index is 13.1. The number of carbonyl (C=O) groups excluding carboxylic acids is 2. The topological polar surface area (TPSA) is 76.9 Å². The number of benzene rings is 2. The molecule has 2 aliphatic heterocycles. The summed E-state index contributed by atoms with van der Waals surface area (Å²) in [5.41, 5.74) is 2.56. The van der Waals surface area contributed by atoms with Gasteiger partial charge in [0.25, 0.3) is 0 Å². The average Bonchev–Trinajstić information content (AvgIpc) is 3.21. The molecule has 2 aromatic carbocycles. The number of hydrogen-bond acceptors (Lipinski definition) is 5. The van der Waals surface area contributed by atoms with E-state index < -0.39 is 0 Å². The molecule has 1 unspecified atom stereocenters. The summed E-state index contributed by atoms with van der Waals surface area (Å²) in [5, 5.41) is 8.93. The van der Waals surface area contributed by atoms with Gasteiger partial charge in [-0.1, -0.05) is 24.3 Å². The summed E-state index contributed by atoms with van der Waals surface area (Å²) < 4.78 is 5.67. The highest BCUT2D eigenvalue weighted by molar-refractivity contribution is 6.01. The Morgan fingerprint density at radius 1 is 1.09 bits per heavy atom. The van der Waals surface area contributed by atoms with E-state index in [1.807, 2.05) is 60.4 Å². The van der Waals surface area contributed by atoms with E-state index in [-0.39, 0.29) is 24.2 Å². The highest BCUT2D eigenvalue weighted by Crippen LogP contribution is 2.33. The van der Waals surface area contributed by atoms with E-state index in [4.69, 9.17) is 10.00 Å². The molecule has 7 heteroatoms. The van der Waals surface area contributed by atoms with Crippen molar-refractivity contribution >= 4 is 17.5 Å². The minimum Gasteiger partial charge on any atom is -0.492 e. The van der Waals surface area contributed by atoms with Gasteiger partial charge in [0.15, 0.2) is 0 Å². The van der Waals surface area contributed by atoms with Crippen LogP contribution >= 0.6 is 0 Å². The lowest BCUT2D eigenvalue weighted by molar-refractivity contribution is -0.137. The molecule has 4 rings (SSSR count). The molecule has 0 saturated carbocycles. The Hall–Kier alpha value is -3.37. The van der Waals surface area contributed by atoms with Gasteiger partial charge in [0.05, 0.1) is 29.8 Å². The number of nitriles is 1. The number of carbonyl (C=O) groups is 2. The third-order valence-corrected chi connectivity index (χ3v) is 6.10. The normalized spacial score (nSPS) is 19.1. The first-order valence-corrected chi connectivity index (χ1v) is 11.1. The van der Waals surface area contributed by atoms with E-state index in [0.717, 1.165) is 30.9 Å². The van der Waals surface area contributed by atoms with E-state index in [9.17, 15) is 9.59 Å². The Morgan fingerprint density at radius 2 is 1.81 bits per heavy atom. The number of hydrogen-bond donors (Lipinski definition) is 0. The number of anilines is 1. The molecule has 7 nitrogen and oxygen atoms in total. The lowest BCUT2D eigenvalue weighted by Gasteiger charge is -2.36. The number of nitrogens with zero attached hydrogens (tertiary/aromatic N) is 4. The van der Waals surface area contributed by atoms with Crippen molar-refractivity contribution in [3.05, 3.63) is 59.7 Å². The Bertz CT molecular complexity index is 1010. The fraction of sp³-hybridized carbons (Fsp3) is 0.400. The molecule has 2 amide bonds. The molecule has 0 N–H and O–H groups in total. The summed E-state index contributed by atoms with van der Waals surface area (Å²) >= 11 is 0. The maximum Gasteiger partial charge on any atom is 0.228 e. The molecule has 1 atom stereocenters. The van der Waals surface area contributed by atoms with E-state index in [1.165, 1.54) is 0 Å². The summed E-state index contributed by atoms with van der Waals surface area (Å²) in [6, 6.07) is 17.3. The summed E-state index contributed by atoms with van der Waals surface area (Å²) in [6.45, 7) is 6.55. The molecule has 0 spiro atoms. The lowest BCUT2D eigenvalue weighted by Crippen LogP contribution is -2.50. The van der Waals surface area contributed by atoms with Gasteiger partial charge in [-0.05, 0) is 36.8 Å². The van der Waals surface area contributed by atoms with Crippen molar-refractivity contribution in [1.29, 1.82) is 5.26 Å². The summed E-state index contributed by atoms with van der Waals surface area (Å²) in [6.07, 6.45) is 0.241. The molecular weight excluding hydrogens is 404 g/mol. The highest BCUT2D eigenvalue weighted by atomic mass is 16.5. The van der Waals surface area contributed by atoms with Crippen LogP contribution in [0.3, 0.4) is 0 Å². The smallest absolute Gasteiger partial charge is 0.228 e. The molecule has 2 aliphatic rings. The number of piperazine rings is 1. The van der Waals surface area contributed by atoms with Crippen molar-refractivity contribution in [3.63, 3.8) is 0 Å². The van der Waals surface area contributed by atoms with Crippen LogP contribution in [0.15, 0.2) is 48.5 Å². The van der Waals surface area contributed by atoms with Gasteiger partial charge >= 0.3 is 0 Å². The molecule has 0 bridgehead atoms. The van der Waals surface area contributed by atoms with Crippen molar-refractivity contribution in [2.75, 3.05) is 44.2 Å². The van der Waals surface area contributed by atoms with Crippen LogP contribution in [0.5, 0.6) is 5.75 Å². The SMILES string of the molecule is CCOc1ccccc1N1CC(C(=O)N2CCN(Cc3ccc(C#N)cc3)CC2)CC1=O. The molecule has 2 fully saturated rings. The number of amides is 2. The van der Waals surface area contributed by atoms with Crippen molar-refractivity contribution in [1.82, 2.24) is 9.80 Å². The van der Waals surface area contributed by atoms with Crippen LogP contribution in [0.4, 0.5) is 5.69 Å². The van der Waals surface area contributed by atoms with Crippen molar-refractivity contribution < 1.29 is 14.3 Å². The van der Waals surface area contributed by atoms with Crippen molar-refractivity contribution in [3.8, 4) is 11.8 Å². The molecule has 2 heterocycles. The predicted molar refractivity (Wildman–Crippen MR) is 121 cm³/mol. The molecule has 166 valence electrons. The standard InChI is InChI=1S/C25H28N4O3/c1-2-32-23-6-4-3-5-22(23)29-18-21(15-24(29)30)25(31)28-13-11-27(12-14-28)17-20-9-7-19(16-26)8-10-20/h3-10,21H,2,11-15,17-18H2,1H3. The van der Waals surface area contributed by atoms with Crippen LogP contribution in [-0.4, -0.2) is 60.9 Å². The van der Waals surface area contributed by atoms with Crippen molar-refractivity contribution in [2.45, 2.75) is 19.9 Å². The summed E-state index contributed by atoms with van der Waals surface area (Å²) in [7, 11) is 0. The summed E-state index contributed by atoms with van der Waals surface area (Å²) in [4.78, 5) is 31.7. The Morgan fingerprint density at radius 3 is 2.50 bits per heavy atom. The first-order chi connectivity index (χ1) is 15.6. The largest absolute Gasteiger partial charge is 0.492 e. The number of rotatable bonds is 6. The van der Waals surface area contributed by atoms with Gasteiger partial charge in [-0.3, -0.25) is 14.5 Å². The van der Waals surface area contributed by atoms with Gasteiger partial charge in [-0.15, -0.1) is 0 Å². The molecule has 0 aromatic heterocycles. The van der Waals surface area contributed by atoms with Gasteiger partial charge in [-0.2, -0.15) is 5.26 Å². The molecule has 0 radical (unpaired) electrons. The van der Waals surface area contributed by atoms with Crippen LogP contribution in [-0.2, 0) is 16.1 Å². The molecular formula is C25H28N4O3. The summed E-state index contributed by atoms with van der Waals surface area (Å²) in [5.74, 6) is 0.387. The fourth-order valence-corrected chi connectivity index (χ4v) is 4.39. The second-order valence-electron chi connectivity index (χ2n) is 8.22. The van der Waals surface area contributed by atoms with Gasteiger partial charge in [0, 0.05) is 45.7 Å². The quantitative estimate of drug-likeness (QED) is 0.701. The van der Waals surface area contributed by atoms with Crippen LogP contribution < -0.4 is 9.64 Å². The van der Waals surface area contributed by atoms with Gasteiger partial charge in [-0.25, -0.2) is 0 Å². The van der Waals surface area contributed by atoms with Crippen LogP contribution in [0.2, 0.25) is 0 Å². The first-order valence-electron chi connectivity index (χ1n) is 11.1. The molecule has 32 heavy (non-hydrogen) atoms. The van der Waals surface area contributed by atoms with E-state index in [0.29, 0.717) is 37.6 Å². The monoisotopic (exact) mass is 432 g/mol. The Balaban J connectivity index is 1.33. The number of ether oxygens (including phenoxy) is 1. The van der Waals surface area contributed by atoms with Gasteiger partial charge in [0.2, 0.25) is 11.8 Å². The third-order valence-electron chi connectivity index (χ3n) is 6.10. The van der Waals surface area contributed by atoms with E-state index >= 15 is 0 Å². The van der Waals surface area contributed by atoms with Crippen LogP contribution in [0.1, 0.15) is 24.5 Å². The zero-order valence-electron chi connectivity index (χ0n) is 18.4. The van der Waals surface area contributed by atoms with Crippen molar-refractivity contribution in [2.24, 2.45) is 5.92 Å². The second kappa shape index (κ2) is 9.84. The molecule has 2 aromatic rings. The Kier molecular flexibility index (Phi) is 6.72. The highest BCUT2D eigenvalue weighted by Gasteiger charge is 2.38. The zero-order valence-corrected chi connectivity index (χ0v) is 18.4. The minimum atomic E-state index is -0.317. The fourth-order valence-electron chi connectivity index (χ4n) is 4.39. The van der Waals surface area contributed by atoms with Gasteiger partial charge in [0.1, 0.15) is 5.75 Å². The van der Waals surface area contributed by atoms with E-state index in [1.54, 1.807) is 4.90 Å². The first kappa shape index (κ1) is 21.8. The molecule has 0 aliphatic carbocycles. The zero-order chi connectivity index (χ0) is 22.5. The predicted octanol–water partition coefficient (Wildman–Crippen LogP) is 2.65.